The SMILES string of the molecule is CC.CC.CC(=NCCS)c1cccc(O)c1.CO. The van der Waals surface area contributed by atoms with Crippen LogP contribution in [0.3, 0.4) is 0 Å². The lowest BCUT2D eigenvalue weighted by Crippen LogP contribution is -1.96. The Balaban J connectivity index is -0.000000375. The number of aliphatic imine (C=N–C) groups is 1. The van der Waals surface area contributed by atoms with E-state index in [-0.39, 0.29) is 5.75 Å². The van der Waals surface area contributed by atoms with Gasteiger partial charge in [0.2, 0.25) is 0 Å². The van der Waals surface area contributed by atoms with Crippen molar-refractivity contribution >= 4 is 18.3 Å². The molecular weight excluding hydrogens is 258 g/mol. The molecule has 0 fully saturated rings. The molecule has 0 aromatic heterocycles. The zero-order valence-electron chi connectivity index (χ0n) is 13.0. The van der Waals surface area contributed by atoms with Crippen LogP contribution in [0.15, 0.2) is 29.3 Å². The standard InChI is InChI=1S/C10H13NOS.2C2H6.CH4O/c1-8(11-5-6-13)9-3-2-4-10(12)7-9;3*1-2/h2-4,7,12-13H,5-6H2,1H3;2*1-2H3;2H,1H3. The average molecular weight is 287 g/mol. The van der Waals surface area contributed by atoms with E-state index in [0.29, 0.717) is 6.54 Å². The highest BCUT2D eigenvalue weighted by Crippen LogP contribution is 2.11. The van der Waals surface area contributed by atoms with Crippen LogP contribution in [0.5, 0.6) is 5.75 Å². The Morgan fingerprint density at radius 3 is 2.11 bits per heavy atom. The fourth-order valence-corrected chi connectivity index (χ4v) is 1.14. The van der Waals surface area contributed by atoms with E-state index in [9.17, 15) is 5.11 Å². The molecule has 0 unspecified atom stereocenters. The van der Waals surface area contributed by atoms with Crippen LogP contribution < -0.4 is 0 Å². The summed E-state index contributed by atoms with van der Waals surface area (Å²) in [7, 11) is 1.00. The lowest BCUT2D eigenvalue weighted by atomic mass is 10.1. The molecule has 1 aromatic carbocycles. The molecule has 0 radical (unpaired) electrons. The van der Waals surface area contributed by atoms with Gasteiger partial charge in [0.05, 0.1) is 0 Å². The van der Waals surface area contributed by atoms with Crippen molar-refractivity contribution in [1.82, 2.24) is 0 Å². The van der Waals surface area contributed by atoms with Gasteiger partial charge in [0.25, 0.3) is 0 Å². The fraction of sp³-hybridized carbons (Fsp3) is 0.533. The molecule has 1 rings (SSSR count). The van der Waals surface area contributed by atoms with E-state index in [1.165, 1.54) is 0 Å². The van der Waals surface area contributed by atoms with Crippen molar-refractivity contribution in [2.24, 2.45) is 4.99 Å². The number of aliphatic hydroxyl groups is 1. The minimum atomic E-state index is 0.276. The molecule has 1 aromatic rings. The molecule has 0 saturated carbocycles. The number of aromatic hydroxyl groups is 1. The van der Waals surface area contributed by atoms with Gasteiger partial charge < -0.3 is 10.2 Å². The first-order chi connectivity index (χ1) is 9.24. The zero-order chi connectivity index (χ0) is 15.7. The van der Waals surface area contributed by atoms with Crippen molar-refractivity contribution in [3.63, 3.8) is 0 Å². The molecule has 0 aliphatic rings. The van der Waals surface area contributed by atoms with E-state index in [0.717, 1.165) is 24.1 Å². The van der Waals surface area contributed by atoms with Gasteiger partial charge in [-0.3, -0.25) is 4.99 Å². The summed E-state index contributed by atoms with van der Waals surface area (Å²) < 4.78 is 0. The topological polar surface area (TPSA) is 52.8 Å². The molecule has 19 heavy (non-hydrogen) atoms. The van der Waals surface area contributed by atoms with Crippen molar-refractivity contribution in [2.45, 2.75) is 34.6 Å². The molecule has 4 heteroatoms. The molecule has 3 nitrogen and oxygen atoms in total. The molecule has 0 amide bonds. The van der Waals surface area contributed by atoms with Crippen LogP contribution in [0, 0.1) is 0 Å². The van der Waals surface area contributed by atoms with Gasteiger partial charge in [-0.15, -0.1) is 0 Å². The van der Waals surface area contributed by atoms with E-state index in [1.807, 2.05) is 46.8 Å². The lowest BCUT2D eigenvalue weighted by molar-refractivity contribution is 0.399. The Morgan fingerprint density at radius 2 is 1.68 bits per heavy atom. The van der Waals surface area contributed by atoms with Crippen molar-refractivity contribution in [2.75, 3.05) is 19.4 Å². The van der Waals surface area contributed by atoms with Crippen LogP contribution >= 0.6 is 12.6 Å². The fourth-order valence-electron chi connectivity index (χ4n) is 1.04. The summed E-state index contributed by atoms with van der Waals surface area (Å²) in [5, 5.41) is 16.2. The summed E-state index contributed by atoms with van der Waals surface area (Å²) in [6, 6.07) is 7.09. The van der Waals surface area contributed by atoms with Crippen molar-refractivity contribution < 1.29 is 10.2 Å². The van der Waals surface area contributed by atoms with Gasteiger partial charge in [-0.05, 0) is 24.6 Å². The third-order valence-electron chi connectivity index (χ3n) is 1.71. The number of phenolic OH excluding ortho intramolecular Hbond substituents is 1. The number of rotatable bonds is 3. The predicted octanol–water partition coefficient (Wildman–Crippen LogP) is 3.79. The van der Waals surface area contributed by atoms with Crippen LogP contribution in [0.2, 0.25) is 0 Å². The quantitative estimate of drug-likeness (QED) is 0.585. The van der Waals surface area contributed by atoms with Gasteiger partial charge >= 0.3 is 0 Å². The highest BCUT2D eigenvalue weighted by molar-refractivity contribution is 7.80. The molecule has 0 spiro atoms. The number of thiol groups is 1. The average Bonchev–Trinajstić information content (AvgIpc) is 2.51. The first kappa shape index (κ1) is 23.1. The van der Waals surface area contributed by atoms with Gasteiger partial charge in [-0.1, -0.05) is 39.8 Å². The number of benzene rings is 1. The minimum Gasteiger partial charge on any atom is -0.508 e. The Kier molecular flexibility index (Phi) is 23.5. The van der Waals surface area contributed by atoms with Gasteiger partial charge in [-0.2, -0.15) is 12.6 Å². The first-order valence-electron chi connectivity index (χ1n) is 6.60. The third kappa shape index (κ3) is 13.2. The summed E-state index contributed by atoms with van der Waals surface area (Å²) in [6.45, 7) is 10.6. The predicted molar refractivity (Wildman–Crippen MR) is 89.9 cm³/mol. The Morgan fingerprint density at radius 1 is 1.16 bits per heavy atom. The molecule has 0 bridgehead atoms. The van der Waals surface area contributed by atoms with Gasteiger partial charge in [0.15, 0.2) is 0 Å². The van der Waals surface area contributed by atoms with Crippen LogP contribution in [0.1, 0.15) is 40.2 Å². The first-order valence-corrected chi connectivity index (χ1v) is 7.23. The zero-order valence-corrected chi connectivity index (χ0v) is 13.9. The Bertz CT molecular complexity index is 315. The van der Waals surface area contributed by atoms with Crippen molar-refractivity contribution in [3.8, 4) is 5.75 Å². The Labute approximate surface area is 123 Å². The number of hydrogen-bond acceptors (Lipinski definition) is 4. The second-order valence-corrected chi connectivity index (χ2v) is 3.19. The third-order valence-corrected chi connectivity index (χ3v) is 1.91. The second-order valence-electron chi connectivity index (χ2n) is 2.74. The molecule has 0 heterocycles. The second kappa shape index (κ2) is 19.3. The van der Waals surface area contributed by atoms with Crippen molar-refractivity contribution in [1.29, 1.82) is 0 Å². The van der Waals surface area contributed by atoms with Gasteiger partial charge in [-0.25, -0.2) is 0 Å². The van der Waals surface area contributed by atoms with Crippen LogP contribution in [0.25, 0.3) is 0 Å². The maximum atomic E-state index is 9.22. The summed E-state index contributed by atoms with van der Waals surface area (Å²) in [5.74, 6) is 1.02. The largest absolute Gasteiger partial charge is 0.508 e. The van der Waals surface area contributed by atoms with Gasteiger partial charge in [0.1, 0.15) is 5.75 Å². The van der Waals surface area contributed by atoms with Gasteiger partial charge in [0, 0.05) is 25.1 Å². The molecule has 0 aliphatic carbocycles. The number of nitrogens with zero attached hydrogens (tertiary/aromatic N) is 1. The summed E-state index contributed by atoms with van der Waals surface area (Å²) in [4.78, 5) is 4.28. The number of hydrogen-bond donors (Lipinski definition) is 3. The summed E-state index contributed by atoms with van der Waals surface area (Å²) in [5.41, 5.74) is 1.90. The van der Waals surface area contributed by atoms with E-state index < -0.39 is 0 Å². The maximum Gasteiger partial charge on any atom is 0.116 e. The molecule has 0 atom stereocenters. The highest BCUT2D eigenvalue weighted by Gasteiger charge is 1.96. The Hall–Kier alpha value is -1.00. The highest BCUT2D eigenvalue weighted by atomic mass is 32.1. The van der Waals surface area contributed by atoms with E-state index in [4.69, 9.17) is 5.11 Å². The normalized spacial score (nSPS) is 8.95. The summed E-state index contributed by atoms with van der Waals surface area (Å²) in [6.07, 6.45) is 0. The smallest absolute Gasteiger partial charge is 0.116 e. The van der Waals surface area contributed by atoms with E-state index in [2.05, 4.69) is 17.6 Å². The van der Waals surface area contributed by atoms with Crippen LogP contribution in [-0.4, -0.2) is 35.3 Å². The molecular formula is C15H29NO2S. The number of aliphatic hydroxyl groups excluding tert-OH is 1. The minimum absolute atomic E-state index is 0.276. The van der Waals surface area contributed by atoms with E-state index >= 15 is 0 Å². The monoisotopic (exact) mass is 287 g/mol. The molecule has 2 N–H and O–H groups in total. The summed E-state index contributed by atoms with van der Waals surface area (Å²) >= 11 is 4.07. The molecule has 0 aliphatic heterocycles. The molecule has 0 saturated heterocycles. The molecule has 112 valence electrons. The number of phenols is 1. The van der Waals surface area contributed by atoms with Crippen LogP contribution in [-0.2, 0) is 0 Å². The van der Waals surface area contributed by atoms with Crippen molar-refractivity contribution in [3.05, 3.63) is 29.8 Å². The lowest BCUT2D eigenvalue weighted by Gasteiger charge is -2.00. The maximum absolute atomic E-state index is 9.22. The van der Waals surface area contributed by atoms with E-state index in [1.54, 1.807) is 12.1 Å². The van der Waals surface area contributed by atoms with Crippen LogP contribution in [0.4, 0.5) is 0 Å².